The first-order valence-corrected chi connectivity index (χ1v) is 6.73. The van der Waals surface area contributed by atoms with Crippen molar-refractivity contribution in [1.82, 2.24) is 0 Å². The van der Waals surface area contributed by atoms with Crippen LogP contribution in [0.25, 0.3) is 0 Å². The molecule has 0 rings (SSSR count). The van der Waals surface area contributed by atoms with Crippen molar-refractivity contribution in [3.63, 3.8) is 0 Å². The smallest absolute Gasteiger partial charge is 0.166 e. The highest BCUT2D eigenvalue weighted by atomic mass is 16.4. The molecule has 19 heavy (non-hydrogen) atoms. The second kappa shape index (κ2) is 9.39. The quantitative estimate of drug-likeness (QED) is 0.334. The largest absolute Gasteiger partial charge is 0.394 e. The van der Waals surface area contributed by atoms with Gasteiger partial charge in [0.05, 0.1) is 6.61 Å². The van der Waals surface area contributed by atoms with Crippen LogP contribution in [0.1, 0.15) is 39.5 Å². The van der Waals surface area contributed by atoms with Crippen molar-refractivity contribution >= 4 is 5.78 Å². The van der Waals surface area contributed by atoms with E-state index in [1.165, 1.54) is 0 Å². The van der Waals surface area contributed by atoms with Gasteiger partial charge in [-0.15, -0.1) is 0 Å². The fourth-order valence-electron chi connectivity index (χ4n) is 1.82. The SMILES string of the molecule is CCCCCC(C)C(=O)C(O)C(O)C(O)C(O)CO. The van der Waals surface area contributed by atoms with Gasteiger partial charge in [0.2, 0.25) is 0 Å². The third-order valence-corrected chi connectivity index (χ3v) is 3.27. The lowest BCUT2D eigenvalue weighted by atomic mass is 9.91. The van der Waals surface area contributed by atoms with Gasteiger partial charge in [0.1, 0.15) is 24.4 Å². The lowest BCUT2D eigenvalue weighted by Crippen LogP contribution is -2.49. The van der Waals surface area contributed by atoms with Gasteiger partial charge in [-0.1, -0.05) is 33.1 Å². The molecule has 5 N–H and O–H groups in total. The maximum Gasteiger partial charge on any atom is 0.166 e. The van der Waals surface area contributed by atoms with Crippen LogP contribution in [0.3, 0.4) is 0 Å². The third kappa shape index (κ3) is 5.97. The Morgan fingerprint density at radius 1 is 1.05 bits per heavy atom. The van der Waals surface area contributed by atoms with Crippen molar-refractivity contribution in [3.05, 3.63) is 0 Å². The molecule has 0 amide bonds. The highest BCUT2D eigenvalue weighted by Gasteiger charge is 2.35. The van der Waals surface area contributed by atoms with Gasteiger partial charge < -0.3 is 25.5 Å². The molecule has 0 bridgehead atoms. The van der Waals surface area contributed by atoms with E-state index >= 15 is 0 Å². The van der Waals surface area contributed by atoms with Crippen molar-refractivity contribution in [2.75, 3.05) is 6.61 Å². The highest BCUT2D eigenvalue weighted by molar-refractivity contribution is 5.85. The predicted octanol–water partition coefficient (Wildman–Crippen LogP) is -0.792. The minimum Gasteiger partial charge on any atom is -0.394 e. The van der Waals surface area contributed by atoms with E-state index in [-0.39, 0.29) is 0 Å². The summed E-state index contributed by atoms with van der Waals surface area (Å²) in [6.45, 7) is 2.94. The third-order valence-electron chi connectivity index (χ3n) is 3.27. The Morgan fingerprint density at radius 3 is 2.11 bits per heavy atom. The first-order valence-electron chi connectivity index (χ1n) is 6.73. The van der Waals surface area contributed by atoms with E-state index in [9.17, 15) is 20.1 Å². The summed E-state index contributed by atoms with van der Waals surface area (Å²) in [5.41, 5.74) is 0. The second-order valence-corrected chi connectivity index (χ2v) is 4.98. The van der Waals surface area contributed by atoms with Gasteiger partial charge in [0.15, 0.2) is 5.78 Å². The number of carbonyl (C=O) groups excluding carboxylic acids is 1. The lowest BCUT2D eigenvalue weighted by Gasteiger charge is -2.26. The number of ketones is 1. The molecule has 6 heteroatoms. The fraction of sp³-hybridized carbons (Fsp3) is 0.923. The van der Waals surface area contributed by atoms with Gasteiger partial charge in [-0.3, -0.25) is 4.79 Å². The molecule has 0 aromatic heterocycles. The Hall–Kier alpha value is -0.530. The monoisotopic (exact) mass is 278 g/mol. The van der Waals surface area contributed by atoms with Gasteiger partial charge in [-0.05, 0) is 6.42 Å². The van der Waals surface area contributed by atoms with E-state index in [1.54, 1.807) is 6.92 Å². The summed E-state index contributed by atoms with van der Waals surface area (Å²) < 4.78 is 0. The molecule has 0 radical (unpaired) electrons. The summed E-state index contributed by atoms with van der Waals surface area (Å²) in [6.07, 6.45) is -3.44. The van der Waals surface area contributed by atoms with Gasteiger partial charge in [-0.2, -0.15) is 0 Å². The number of rotatable bonds is 10. The van der Waals surface area contributed by atoms with E-state index in [2.05, 4.69) is 0 Å². The van der Waals surface area contributed by atoms with E-state index in [0.717, 1.165) is 19.3 Å². The number of aliphatic hydroxyl groups excluding tert-OH is 5. The molecule has 0 aromatic rings. The number of Topliss-reactive ketones (excluding diaryl/α,β-unsaturated/α-hetero) is 1. The van der Waals surface area contributed by atoms with Crippen LogP contribution in [0.2, 0.25) is 0 Å². The van der Waals surface area contributed by atoms with Gasteiger partial charge in [0, 0.05) is 5.92 Å². The number of hydrogen-bond donors (Lipinski definition) is 5. The summed E-state index contributed by atoms with van der Waals surface area (Å²) in [5, 5.41) is 46.5. The summed E-state index contributed by atoms with van der Waals surface area (Å²) >= 11 is 0. The first-order chi connectivity index (χ1) is 8.86. The molecule has 0 aliphatic heterocycles. The molecule has 0 heterocycles. The molecule has 0 spiro atoms. The zero-order chi connectivity index (χ0) is 15.0. The number of aliphatic hydroxyl groups is 5. The maximum absolute atomic E-state index is 11.8. The molecule has 0 aliphatic rings. The van der Waals surface area contributed by atoms with E-state index in [1.807, 2.05) is 6.92 Å². The molecule has 5 atom stereocenters. The topological polar surface area (TPSA) is 118 Å². The van der Waals surface area contributed by atoms with Gasteiger partial charge >= 0.3 is 0 Å². The van der Waals surface area contributed by atoms with Crippen molar-refractivity contribution in [2.45, 2.75) is 63.9 Å². The summed E-state index contributed by atoms with van der Waals surface area (Å²) in [5.74, 6) is -0.984. The second-order valence-electron chi connectivity index (χ2n) is 4.98. The van der Waals surface area contributed by atoms with Crippen LogP contribution < -0.4 is 0 Å². The van der Waals surface area contributed by atoms with Crippen LogP contribution in [-0.4, -0.2) is 62.3 Å². The van der Waals surface area contributed by atoms with Crippen LogP contribution >= 0.6 is 0 Å². The average molecular weight is 278 g/mol. The van der Waals surface area contributed by atoms with Crippen molar-refractivity contribution in [3.8, 4) is 0 Å². The zero-order valence-corrected chi connectivity index (χ0v) is 11.6. The Kier molecular flexibility index (Phi) is 9.12. The van der Waals surface area contributed by atoms with Crippen LogP contribution in [0.4, 0.5) is 0 Å². The molecule has 0 saturated heterocycles. The Morgan fingerprint density at radius 2 is 1.63 bits per heavy atom. The fourth-order valence-corrected chi connectivity index (χ4v) is 1.82. The lowest BCUT2D eigenvalue weighted by molar-refractivity contribution is -0.150. The van der Waals surface area contributed by atoms with E-state index in [4.69, 9.17) is 10.2 Å². The van der Waals surface area contributed by atoms with Crippen LogP contribution in [0, 0.1) is 5.92 Å². The van der Waals surface area contributed by atoms with Gasteiger partial charge in [-0.25, -0.2) is 0 Å². The van der Waals surface area contributed by atoms with Crippen molar-refractivity contribution < 1.29 is 30.3 Å². The first kappa shape index (κ1) is 18.5. The Labute approximate surface area is 113 Å². The molecule has 0 saturated carbocycles. The zero-order valence-electron chi connectivity index (χ0n) is 11.6. The number of hydrogen-bond acceptors (Lipinski definition) is 6. The average Bonchev–Trinajstić information content (AvgIpc) is 2.43. The minimum absolute atomic E-state index is 0.422. The Balaban J connectivity index is 4.37. The number of unbranched alkanes of at least 4 members (excludes halogenated alkanes) is 2. The van der Waals surface area contributed by atoms with Crippen LogP contribution in [-0.2, 0) is 4.79 Å². The van der Waals surface area contributed by atoms with Crippen LogP contribution in [0.15, 0.2) is 0 Å². The Bertz CT molecular complexity index is 258. The van der Waals surface area contributed by atoms with Gasteiger partial charge in [0.25, 0.3) is 0 Å². The molecular weight excluding hydrogens is 252 g/mol. The maximum atomic E-state index is 11.8. The summed E-state index contributed by atoms with van der Waals surface area (Å²) in [7, 11) is 0. The molecule has 0 fully saturated rings. The van der Waals surface area contributed by atoms with E-state index in [0.29, 0.717) is 6.42 Å². The highest BCUT2D eigenvalue weighted by Crippen LogP contribution is 2.15. The molecule has 0 aromatic carbocycles. The van der Waals surface area contributed by atoms with Crippen molar-refractivity contribution in [1.29, 1.82) is 0 Å². The van der Waals surface area contributed by atoms with Crippen molar-refractivity contribution in [2.24, 2.45) is 5.92 Å². The molecule has 114 valence electrons. The number of carbonyl (C=O) groups is 1. The molecular formula is C13H26O6. The normalized spacial score (nSPS) is 19.5. The standard InChI is InChI=1S/C13H26O6/c1-3-4-5-6-8(2)10(16)12(18)13(19)11(17)9(15)7-14/h8-9,11-15,17-19H,3-7H2,1-2H3. The molecule has 6 nitrogen and oxygen atoms in total. The predicted molar refractivity (Wildman–Crippen MR) is 69.4 cm³/mol. The van der Waals surface area contributed by atoms with E-state index < -0.39 is 42.7 Å². The molecule has 5 unspecified atom stereocenters. The molecule has 0 aliphatic carbocycles. The van der Waals surface area contributed by atoms with Crippen LogP contribution in [0.5, 0.6) is 0 Å². The summed E-state index contributed by atoms with van der Waals surface area (Å²) in [6, 6.07) is 0. The summed E-state index contributed by atoms with van der Waals surface area (Å²) in [4.78, 5) is 11.8. The minimum atomic E-state index is -1.80.